The Hall–Kier alpha value is -2.32. The number of urea groups is 1. The molecule has 26 heavy (non-hydrogen) atoms. The predicted molar refractivity (Wildman–Crippen MR) is 99.4 cm³/mol. The average molecular weight is 396 g/mol. The lowest BCUT2D eigenvalue weighted by atomic mass is 10.1. The topological polar surface area (TPSA) is 88.5 Å². The molecule has 0 spiro atoms. The van der Waals surface area contributed by atoms with Gasteiger partial charge in [0.15, 0.2) is 9.84 Å². The van der Waals surface area contributed by atoms with Crippen LogP contribution in [0, 0.1) is 6.92 Å². The third kappa shape index (κ3) is 3.10. The fourth-order valence-electron chi connectivity index (χ4n) is 2.98. The molecule has 9 heteroatoms. The molecule has 7 nitrogen and oxygen atoms in total. The van der Waals surface area contributed by atoms with Gasteiger partial charge in [0.2, 0.25) is 0 Å². The summed E-state index contributed by atoms with van der Waals surface area (Å²) in [4.78, 5) is 26.4. The Morgan fingerprint density at radius 1 is 1.35 bits per heavy atom. The number of pyridine rings is 1. The zero-order valence-corrected chi connectivity index (χ0v) is 16.1. The molecule has 0 bridgehead atoms. The van der Waals surface area contributed by atoms with Crippen LogP contribution in [0.4, 0.5) is 10.5 Å². The molecule has 0 aliphatic carbocycles. The number of benzene rings is 1. The van der Waals surface area contributed by atoms with Crippen molar-refractivity contribution in [3.8, 4) is 0 Å². The number of carbonyl (C=O) groups excluding carboxylic acids is 1. The zero-order valence-electron chi connectivity index (χ0n) is 14.5. The molecular formula is C17H18ClN3O4S. The van der Waals surface area contributed by atoms with Crippen molar-refractivity contribution < 1.29 is 13.2 Å². The number of carbonyl (C=O) groups is 1. The molecular weight excluding hydrogens is 378 g/mol. The van der Waals surface area contributed by atoms with Crippen molar-refractivity contribution in [1.29, 1.82) is 0 Å². The smallest absolute Gasteiger partial charge is 0.319 e. The monoisotopic (exact) mass is 395 g/mol. The first kappa shape index (κ1) is 18.5. The van der Waals surface area contributed by atoms with Gasteiger partial charge in [0.05, 0.1) is 16.7 Å². The van der Waals surface area contributed by atoms with E-state index in [9.17, 15) is 18.0 Å². The minimum atomic E-state index is -3.49. The van der Waals surface area contributed by atoms with E-state index in [1.54, 1.807) is 32.3 Å². The van der Waals surface area contributed by atoms with Gasteiger partial charge in [-0.1, -0.05) is 11.6 Å². The maximum Gasteiger partial charge on any atom is 0.322 e. The molecule has 1 aromatic carbocycles. The van der Waals surface area contributed by atoms with Gasteiger partial charge in [-0.15, -0.1) is 0 Å². The van der Waals surface area contributed by atoms with Crippen molar-refractivity contribution in [3.63, 3.8) is 0 Å². The molecule has 0 radical (unpaired) electrons. The number of aromatic nitrogens is 1. The van der Waals surface area contributed by atoms with E-state index in [0.717, 1.165) is 0 Å². The van der Waals surface area contributed by atoms with Crippen molar-refractivity contribution in [1.82, 2.24) is 9.47 Å². The molecule has 1 N–H and O–H groups in total. The van der Waals surface area contributed by atoms with Crippen molar-refractivity contribution in [3.05, 3.63) is 57.0 Å². The lowest BCUT2D eigenvalue weighted by molar-refractivity contribution is 0.209. The zero-order chi connectivity index (χ0) is 19.2. The van der Waals surface area contributed by atoms with Crippen molar-refractivity contribution in [2.24, 2.45) is 7.05 Å². The summed E-state index contributed by atoms with van der Waals surface area (Å²) in [6, 6.07) is 4.99. The molecule has 1 atom stereocenters. The van der Waals surface area contributed by atoms with Gasteiger partial charge in [0.25, 0.3) is 5.56 Å². The van der Waals surface area contributed by atoms with Crippen LogP contribution in [0.3, 0.4) is 0 Å². The van der Waals surface area contributed by atoms with Gasteiger partial charge in [-0.3, -0.25) is 4.79 Å². The Kier molecular flexibility index (Phi) is 4.58. The number of halogens is 1. The highest BCUT2D eigenvalue weighted by Crippen LogP contribution is 2.38. The van der Waals surface area contributed by atoms with Crippen LogP contribution >= 0.6 is 11.6 Å². The van der Waals surface area contributed by atoms with E-state index in [4.69, 9.17) is 11.6 Å². The van der Waals surface area contributed by atoms with Crippen LogP contribution in [0.5, 0.6) is 0 Å². The highest BCUT2D eigenvalue weighted by molar-refractivity contribution is 7.91. The fraction of sp³-hybridized carbons (Fsp3) is 0.294. The number of fused-ring (bicyclic) bond motifs is 1. The Labute approximate surface area is 156 Å². The molecule has 1 unspecified atom stereocenters. The maximum absolute atomic E-state index is 12.7. The van der Waals surface area contributed by atoms with Gasteiger partial charge < -0.3 is 14.8 Å². The van der Waals surface area contributed by atoms with E-state index in [-0.39, 0.29) is 21.9 Å². The van der Waals surface area contributed by atoms with Gasteiger partial charge in [0.1, 0.15) is 5.69 Å². The first-order valence-corrected chi connectivity index (χ1v) is 9.87. The summed E-state index contributed by atoms with van der Waals surface area (Å²) in [5.41, 5.74) is 0.929. The lowest BCUT2D eigenvalue weighted by Crippen LogP contribution is -2.37. The Balaban J connectivity index is 1.93. The molecule has 138 valence electrons. The highest BCUT2D eigenvalue weighted by atomic mass is 35.5. The van der Waals surface area contributed by atoms with Gasteiger partial charge >= 0.3 is 6.03 Å². The minimum absolute atomic E-state index is 0.166. The normalized spacial score (nSPS) is 17.6. The minimum Gasteiger partial charge on any atom is -0.319 e. The highest BCUT2D eigenvalue weighted by Gasteiger charge is 2.38. The molecule has 1 aliphatic heterocycles. The van der Waals surface area contributed by atoms with E-state index in [1.807, 2.05) is 0 Å². The van der Waals surface area contributed by atoms with Gasteiger partial charge in [-0.2, -0.15) is 0 Å². The largest absolute Gasteiger partial charge is 0.322 e. The quantitative estimate of drug-likeness (QED) is 0.845. The van der Waals surface area contributed by atoms with Crippen LogP contribution < -0.4 is 10.9 Å². The van der Waals surface area contributed by atoms with E-state index in [1.165, 1.54) is 28.6 Å². The number of amides is 2. The lowest BCUT2D eigenvalue weighted by Gasteiger charge is -2.25. The Bertz CT molecular complexity index is 1060. The predicted octanol–water partition coefficient (Wildman–Crippen LogP) is 2.34. The fourth-order valence-corrected chi connectivity index (χ4v) is 4.99. The molecule has 1 aromatic heterocycles. The summed E-state index contributed by atoms with van der Waals surface area (Å²) in [6.07, 6.45) is 1.61. The third-order valence-electron chi connectivity index (χ3n) is 4.54. The number of sulfone groups is 1. The van der Waals surface area contributed by atoms with Gasteiger partial charge in [-0.05, 0) is 42.3 Å². The Morgan fingerprint density at radius 3 is 2.73 bits per heavy atom. The summed E-state index contributed by atoms with van der Waals surface area (Å²) in [7, 11) is -0.412. The molecule has 2 amide bonds. The number of nitrogens with zero attached hydrogens (tertiary/aromatic N) is 2. The van der Waals surface area contributed by atoms with Crippen LogP contribution in [0.1, 0.15) is 17.2 Å². The SMILES string of the molecule is Cc1ccn(C)c(=O)c1NC(=O)N(C)C1CS(=O)(=O)c2ccc(Cl)cc21. The summed E-state index contributed by atoms with van der Waals surface area (Å²) < 4.78 is 26.1. The number of anilines is 1. The third-order valence-corrected chi connectivity index (χ3v) is 6.57. The molecule has 2 heterocycles. The van der Waals surface area contributed by atoms with E-state index in [2.05, 4.69) is 5.32 Å². The maximum atomic E-state index is 12.7. The first-order valence-electron chi connectivity index (χ1n) is 7.84. The second-order valence-electron chi connectivity index (χ2n) is 6.31. The van der Waals surface area contributed by atoms with Crippen molar-refractivity contribution in [2.75, 3.05) is 18.1 Å². The van der Waals surface area contributed by atoms with E-state index < -0.39 is 21.9 Å². The number of rotatable bonds is 2. The van der Waals surface area contributed by atoms with Gasteiger partial charge in [-0.25, -0.2) is 13.2 Å². The molecule has 0 saturated carbocycles. The van der Waals surface area contributed by atoms with E-state index in [0.29, 0.717) is 16.1 Å². The standard InChI is InChI=1S/C17H18ClN3O4S/c1-10-6-7-20(2)16(22)15(10)19-17(23)21(3)13-9-26(24,25)14-5-4-11(18)8-12(13)14/h4-8,13H,9H2,1-3H3,(H,19,23). The number of hydrogen-bond donors (Lipinski definition) is 1. The molecule has 3 rings (SSSR count). The molecule has 0 fully saturated rings. The molecule has 2 aromatic rings. The van der Waals surface area contributed by atoms with Crippen LogP contribution in [-0.4, -0.2) is 36.7 Å². The van der Waals surface area contributed by atoms with Gasteiger partial charge in [0, 0.05) is 25.3 Å². The second-order valence-corrected chi connectivity index (χ2v) is 8.75. The summed E-state index contributed by atoms with van der Waals surface area (Å²) in [5, 5.41) is 2.99. The van der Waals surface area contributed by atoms with Crippen LogP contribution in [0.25, 0.3) is 0 Å². The first-order chi connectivity index (χ1) is 12.1. The van der Waals surface area contributed by atoms with E-state index >= 15 is 0 Å². The Morgan fingerprint density at radius 2 is 2.04 bits per heavy atom. The van der Waals surface area contributed by atoms with Crippen LogP contribution in [-0.2, 0) is 16.9 Å². The van der Waals surface area contributed by atoms with Crippen LogP contribution in [0.15, 0.2) is 40.2 Å². The summed E-state index contributed by atoms with van der Waals surface area (Å²) >= 11 is 6.00. The number of nitrogens with one attached hydrogen (secondary N) is 1. The summed E-state index contributed by atoms with van der Waals surface area (Å²) in [6.45, 7) is 1.71. The second kappa shape index (κ2) is 6.44. The summed E-state index contributed by atoms with van der Waals surface area (Å²) in [5.74, 6) is -0.224. The molecule has 0 saturated heterocycles. The number of aryl methyl sites for hydroxylation is 2. The van der Waals surface area contributed by atoms with Crippen molar-refractivity contribution >= 4 is 33.2 Å². The average Bonchev–Trinajstić information content (AvgIpc) is 2.84. The van der Waals surface area contributed by atoms with Crippen LogP contribution in [0.2, 0.25) is 5.02 Å². The number of hydrogen-bond acceptors (Lipinski definition) is 4. The molecule has 1 aliphatic rings. The van der Waals surface area contributed by atoms with Crippen molar-refractivity contribution in [2.45, 2.75) is 17.9 Å².